The van der Waals surface area contributed by atoms with Gasteiger partial charge in [-0.3, -0.25) is 0 Å². The van der Waals surface area contributed by atoms with E-state index < -0.39 is 0 Å². The number of rotatable bonds is 3. The molecule has 0 radical (unpaired) electrons. The minimum absolute atomic E-state index is 0.863. The highest BCUT2D eigenvalue weighted by Crippen LogP contribution is 2.13. The molecule has 0 fully saturated rings. The van der Waals surface area contributed by atoms with Gasteiger partial charge >= 0.3 is 0 Å². The van der Waals surface area contributed by atoms with Gasteiger partial charge in [0, 0.05) is 24.3 Å². The van der Waals surface area contributed by atoms with Gasteiger partial charge in [0.2, 0.25) is 0 Å². The fourth-order valence-corrected chi connectivity index (χ4v) is 1.50. The molecule has 2 heterocycles. The van der Waals surface area contributed by atoms with Crippen molar-refractivity contribution in [3.8, 4) is 0 Å². The number of hydrogen-bond donors (Lipinski definition) is 0. The van der Waals surface area contributed by atoms with Crippen LogP contribution in [0.2, 0.25) is 0 Å². The lowest BCUT2D eigenvalue weighted by molar-refractivity contribution is 1.19. The number of hydrogen-bond acceptors (Lipinski definition) is 4. The van der Waals surface area contributed by atoms with Gasteiger partial charge < -0.3 is 0 Å². The second-order valence-electron chi connectivity index (χ2n) is 3.49. The van der Waals surface area contributed by atoms with Crippen molar-refractivity contribution in [2.24, 2.45) is 20.4 Å². The molecular formula is C10H14N4. The lowest BCUT2D eigenvalue weighted by Crippen LogP contribution is -2.14. The molecule has 14 heavy (non-hydrogen) atoms. The van der Waals surface area contributed by atoms with Crippen molar-refractivity contribution in [1.82, 2.24) is 0 Å². The molecule has 0 unspecified atom stereocenters. The Kier molecular flexibility index (Phi) is 2.52. The van der Waals surface area contributed by atoms with Gasteiger partial charge in [0.1, 0.15) is 0 Å². The van der Waals surface area contributed by atoms with E-state index in [0.717, 1.165) is 48.5 Å². The minimum atomic E-state index is 0.863. The maximum absolute atomic E-state index is 4.14. The van der Waals surface area contributed by atoms with Crippen LogP contribution < -0.4 is 0 Å². The molecule has 0 amide bonds. The van der Waals surface area contributed by atoms with Crippen molar-refractivity contribution in [3.63, 3.8) is 0 Å². The average molecular weight is 190 g/mol. The largest absolute Gasteiger partial charge is 0.159 e. The quantitative estimate of drug-likeness (QED) is 0.655. The van der Waals surface area contributed by atoms with E-state index in [2.05, 4.69) is 34.3 Å². The van der Waals surface area contributed by atoms with Crippen LogP contribution in [0.3, 0.4) is 0 Å². The SMILES string of the molecule is CCC1=NN=C(C2=NN=C(CC)C2)C1. The lowest BCUT2D eigenvalue weighted by atomic mass is 10.0. The summed E-state index contributed by atoms with van der Waals surface area (Å²) in [6.07, 6.45) is 3.67. The van der Waals surface area contributed by atoms with E-state index in [1.807, 2.05) is 0 Å². The van der Waals surface area contributed by atoms with Gasteiger partial charge in [0.25, 0.3) is 0 Å². The van der Waals surface area contributed by atoms with Gasteiger partial charge in [-0.2, -0.15) is 20.4 Å². The Bertz CT molecular complexity index is 324. The molecule has 2 aliphatic rings. The molecule has 0 bridgehead atoms. The molecule has 0 N–H and O–H groups in total. The highest BCUT2D eigenvalue weighted by Gasteiger charge is 2.20. The van der Waals surface area contributed by atoms with Crippen LogP contribution in [0.25, 0.3) is 0 Å². The summed E-state index contributed by atoms with van der Waals surface area (Å²) in [6.45, 7) is 4.20. The topological polar surface area (TPSA) is 49.4 Å². The monoisotopic (exact) mass is 190 g/mol. The van der Waals surface area contributed by atoms with Crippen LogP contribution in [0, 0.1) is 0 Å². The van der Waals surface area contributed by atoms with Gasteiger partial charge in [-0.15, -0.1) is 0 Å². The standard InChI is InChI=1S/C10H14N4/c1-3-7-5-9(13-11-7)10-6-8(4-2)12-14-10/h3-6H2,1-2H3. The summed E-state index contributed by atoms with van der Waals surface area (Å²) in [6, 6.07) is 0. The fourth-order valence-electron chi connectivity index (χ4n) is 1.50. The Morgan fingerprint density at radius 1 is 0.786 bits per heavy atom. The molecule has 4 heteroatoms. The van der Waals surface area contributed by atoms with E-state index in [0.29, 0.717) is 0 Å². The zero-order chi connectivity index (χ0) is 9.97. The van der Waals surface area contributed by atoms with Crippen molar-refractivity contribution in [1.29, 1.82) is 0 Å². The van der Waals surface area contributed by atoms with E-state index in [1.54, 1.807) is 0 Å². The van der Waals surface area contributed by atoms with E-state index >= 15 is 0 Å². The summed E-state index contributed by atoms with van der Waals surface area (Å²) in [5, 5.41) is 16.5. The molecule has 0 aromatic heterocycles. The van der Waals surface area contributed by atoms with Gasteiger partial charge in [-0.1, -0.05) is 13.8 Å². The second-order valence-corrected chi connectivity index (χ2v) is 3.49. The maximum atomic E-state index is 4.14. The first-order chi connectivity index (χ1) is 6.83. The Morgan fingerprint density at radius 2 is 1.21 bits per heavy atom. The van der Waals surface area contributed by atoms with Crippen LogP contribution in [-0.4, -0.2) is 22.8 Å². The Morgan fingerprint density at radius 3 is 1.50 bits per heavy atom. The minimum Gasteiger partial charge on any atom is -0.159 e. The first-order valence-electron chi connectivity index (χ1n) is 5.08. The first kappa shape index (κ1) is 9.24. The van der Waals surface area contributed by atoms with Gasteiger partial charge in [-0.25, -0.2) is 0 Å². The van der Waals surface area contributed by atoms with Crippen LogP contribution in [-0.2, 0) is 0 Å². The summed E-state index contributed by atoms with van der Waals surface area (Å²) >= 11 is 0. The molecule has 0 saturated carbocycles. The zero-order valence-electron chi connectivity index (χ0n) is 8.62. The molecule has 0 aliphatic carbocycles. The average Bonchev–Trinajstić information content (AvgIpc) is 2.86. The highest BCUT2D eigenvalue weighted by molar-refractivity contribution is 6.49. The zero-order valence-corrected chi connectivity index (χ0v) is 8.62. The summed E-state index contributed by atoms with van der Waals surface area (Å²) in [7, 11) is 0. The molecule has 0 saturated heterocycles. The van der Waals surface area contributed by atoms with Crippen LogP contribution in [0.15, 0.2) is 20.4 Å². The summed E-state index contributed by atoms with van der Waals surface area (Å²) < 4.78 is 0. The van der Waals surface area contributed by atoms with E-state index in [-0.39, 0.29) is 0 Å². The molecule has 0 aromatic rings. The summed E-state index contributed by atoms with van der Waals surface area (Å²) in [5.74, 6) is 0. The third-order valence-corrected chi connectivity index (χ3v) is 2.52. The van der Waals surface area contributed by atoms with Crippen molar-refractivity contribution >= 4 is 22.8 Å². The molecule has 2 aliphatic heterocycles. The molecule has 0 spiro atoms. The van der Waals surface area contributed by atoms with Crippen LogP contribution in [0.5, 0.6) is 0 Å². The van der Waals surface area contributed by atoms with Crippen molar-refractivity contribution in [3.05, 3.63) is 0 Å². The number of nitrogens with zero attached hydrogens (tertiary/aromatic N) is 4. The van der Waals surface area contributed by atoms with E-state index in [9.17, 15) is 0 Å². The molecule has 4 nitrogen and oxygen atoms in total. The third kappa shape index (κ3) is 1.64. The van der Waals surface area contributed by atoms with E-state index in [1.165, 1.54) is 0 Å². The smallest absolute Gasteiger partial charge is 0.0924 e. The van der Waals surface area contributed by atoms with E-state index in [4.69, 9.17) is 0 Å². The normalized spacial score (nSPS) is 20.4. The van der Waals surface area contributed by atoms with Crippen LogP contribution in [0.4, 0.5) is 0 Å². The predicted octanol–water partition coefficient (Wildman–Crippen LogP) is 2.21. The van der Waals surface area contributed by atoms with Gasteiger partial charge in [0.15, 0.2) is 0 Å². The third-order valence-electron chi connectivity index (χ3n) is 2.52. The Labute approximate surface area is 83.5 Å². The molecule has 74 valence electrons. The van der Waals surface area contributed by atoms with Gasteiger partial charge in [0.05, 0.1) is 11.4 Å². The first-order valence-corrected chi connectivity index (χ1v) is 5.08. The van der Waals surface area contributed by atoms with Crippen LogP contribution >= 0.6 is 0 Å². The Balaban J connectivity index is 1.96. The Hall–Kier alpha value is -1.32. The van der Waals surface area contributed by atoms with Crippen molar-refractivity contribution in [2.45, 2.75) is 39.5 Å². The summed E-state index contributed by atoms with van der Waals surface area (Å²) in [5.41, 5.74) is 4.31. The molecule has 2 rings (SSSR count). The van der Waals surface area contributed by atoms with Crippen LogP contribution in [0.1, 0.15) is 39.5 Å². The summed E-state index contributed by atoms with van der Waals surface area (Å²) in [4.78, 5) is 0. The predicted molar refractivity (Wildman–Crippen MR) is 59.6 cm³/mol. The second kappa shape index (κ2) is 3.82. The van der Waals surface area contributed by atoms with Crippen molar-refractivity contribution in [2.75, 3.05) is 0 Å². The lowest BCUT2D eigenvalue weighted by Gasteiger charge is -1.98. The highest BCUT2D eigenvalue weighted by atomic mass is 15.3. The van der Waals surface area contributed by atoms with Crippen molar-refractivity contribution < 1.29 is 0 Å². The fraction of sp³-hybridized carbons (Fsp3) is 0.600. The van der Waals surface area contributed by atoms with Gasteiger partial charge in [-0.05, 0) is 12.8 Å². The molecule has 0 aromatic carbocycles. The molecule has 0 atom stereocenters. The molecular weight excluding hydrogens is 176 g/mol. The maximum Gasteiger partial charge on any atom is 0.0924 e.